The number of aromatic nitrogens is 1. The van der Waals surface area contributed by atoms with E-state index in [2.05, 4.69) is 45.1 Å². The lowest BCUT2D eigenvalue weighted by Crippen LogP contribution is -2.51. The van der Waals surface area contributed by atoms with Crippen LogP contribution < -0.4 is 0 Å². The van der Waals surface area contributed by atoms with Crippen LogP contribution in [0.4, 0.5) is 0 Å². The van der Waals surface area contributed by atoms with Crippen molar-refractivity contribution in [1.29, 1.82) is 5.26 Å². The number of pyridine rings is 1. The molecule has 0 spiro atoms. The first-order valence-electron chi connectivity index (χ1n) is 9.20. The lowest BCUT2D eigenvalue weighted by molar-refractivity contribution is 0.0850. The highest BCUT2D eigenvalue weighted by Crippen LogP contribution is 2.25. The van der Waals surface area contributed by atoms with Gasteiger partial charge in [0, 0.05) is 45.0 Å². The maximum absolute atomic E-state index is 9.02. The number of benzene rings is 1. The number of hydrogen-bond donors (Lipinski definition) is 0. The summed E-state index contributed by atoms with van der Waals surface area (Å²) in [6.45, 7) is 5.26. The fourth-order valence-electron chi connectivity index (χ4n) is 4.14. The summed E-state index contributed by atoms with van der Waals surface area (Å²) in [5, 5.41) is 9.02. The fourth-order valence-corrected chi connectivity index (χ4v) is 4.14. The Kier molecular flexibility index (Phi) is 4.78. The zero-order valence-corrected chi connectivity index (χ0v) is 14.6. The second kappa shape index (κ2) is 7.35. The van der Waals surface area contributed by atoms with Crippen LogP contribution in [-0.2, 0) is 19.4 Å². The molecule has 2 aliphatic rings. The molecule has 0 amide bonds. The van der Waals surface area contributed by atoms with E-state index in [9.17, 15) is 0 Å². The van der Waals surface area contributed by atoms with Gasteiger partial charge in [-0.3, -0.25) is 14.8 Å². The lowest BCUT2D eigenvalue weighted by atomic mass is 9.87. The molecular formula is C21H24N4. The molecule has 0 unspecified atom stereocenters. The van der Waals surface area contributed by atoms with Crippen LogP contribution in [0.25, 0.3) is 0 Å². The Hall–Kier alpha value is -2.22. The summed E-state index contributed by atoms with van der Waals surface area (Å²) >= 11 is 0. The van der Waals surface area contributed by atoms with Crippen LogP contribution in [0.15, 0.2) is 42.6 Å². The number of piperazine rings is 1. The zero-order chi connectivity index (χ0) is 17.1. The van der Waals surface area contributed by atoms with Crippen LogP contribution >= 0.6 is 0 Å². The first kappa shape index (κ1) is 16.3. The zero-order valence-electron chi connectivity index (χ0n) is 14.6. The molecule has 0 bridgehead atoms. The minimum Gasteiger partial charge on any atom is -0.298 e. The van der Waals surface area contributed by atoms with Gasteiger partial charge < -0.3 is 0 Å². The summed E-state index contributed by atoms with van der Waals surface area (Å²) in [5.41, 5.74) is 4.78. The van der Waals surface area contributed by atoms with Crippen molar-refractivity contribution in [1.82, 2.24) is 14.8 Å². The topological polar surface area (TPSA) is 43.2 Å². The molecule has 1 fully saturated rings. The van der Waals surface area contributed by atoms with E-state index < -0.39 is 0 Å². The third kappa shape index (κ3) is 3.73. The molecule has 1 aromatic carbocycles. The number of nitriles is 1. The highest BCUT2D eigenvalue weighted by Gasteiger charge is 2.27. The predicted molar refractivity (Wildman–Crippen MR) is 98.1 cm³/mol. The van der Waals surface area contributed by atoms with Crippen LogP contribution in [0.2, 0.25) is 0 Å². The number of rotatable bonds is 3. The monoisotopic (exact) mass is 332 g/mol. The standard InChI is InChI=1S/C21H24N4/c22-15-17-7-8-23-20(13-17)16-24-9-11-25(12-10-24)21-6-5-18-3-1-2-4-19(18)14-21/h1-4,7-8,13,21H,5-6,9-12,14,16H2/t21-/m0/s1. The Balaban J connectivity index is 1.32. The summed E-state index contributed by atoms with van der Waals surface area (Å²) < 4.78 is 0. The summed E-state index contributed by atoms with van der Waals surface area (Å²) in [6.07, 6.45) is 5.43. The van der Waals surface area contributed by atoms with Crippen molar-refractivity contribution in [3.63, 3.8) is 0 Å². The number of fused-ring (bicyclic) bond motifs is 1. The molecule has 1 atom stereocenters. The van der Waals surface area contributed by atoms with E-state index in [1.807, 2.05) is 6.07 Å². The van der Waals surface area contributed by atoms with Crippen molar-refractivity contribution in [2.75, 3.05) is 26.2 Å². The minimum absolute atomic E-state index is 0.692. The normalized spacial score (nSPS) is 21.5. The molecular weight excluding hydrogens is 308 g/mol. The molecule has 1 saturated heterocycles. The number of hydrogen-bond acceptors (Lipinski definition) is 4. The second-order valence-corrected chi connectivity index (χ2v) is 7.13. The molecule has 4 nitrogen and oxygen atoms in total. The van der Waals surface area contributed by atoms with Gasteiger partial charge in [0.25, 0.3) is 0 Å². The van der Waals surface area contributed by atoms with Crippen LogP contribution in [0.3, 0.4) is 0 Å². The van der Waals surface area contributed by atoms with E-state index in [0.717, 1.165) is 38.4 Å². The summed E-state index contributed by atoms with van der Waals surface area (Å²) in [7, 11) is 0. The molecule has 0 radical (unpaired) electrons. The third-order valence-corrected chi connectivity index (χ3v) is 5.58. The van der Waals surface area contributed by atoms with E-state index in [1.165, 1.54) is 19.3 Å². The Morgan fingerprint density at radius 3 is 2.68 bits per heavy atom. The molecule has 2 aromatic rings. The van der Waals surface area contributed by atoms with Crippen LogP contribution in [0, 0.1) is 11.3 Å². The first-order chi connectivity index (χ1) is 12.3. The van der Waals surface area contributed by atoms with Gasteiger partial charge >= 0.3 is 0 Å². The maximum Gasteiger partial charge on any atom is 0.0992 e. The molecule has 1 aromatic heterocycles. The van der Waals surface area contributed by atoms with Crippen molar-refractivity contribution in [2.45, 2.75) is 31.8 Å². The average Bonchev–Trinajstić information content (AvgIpc) is 2.68. The molecule has 4 heteroatoms. The average molecular weight is 332 g/mol. The van der Waals surface area contributed by atoms with Crippen molar-refractivity contribution in [2.24, 2.45) is 0 Å². The highest BCUT2D eigenvalue weighted by molar-refractivity contribution is 5.30. The fraction of sp³-hybridized carbons (Fsp3) is 0.429. The van der Waals surface area contributed by atoms with Crippen molar-refractivity contribution in [3.05, 3.63) is 65.0 Å². The number of aryl methyl sites for hydroxylation is 1. The van der Waals surface area contributed by atoms with E-state index >= 15 is 0 Å². The summed E-state index contributed by atoms with van der Waals surface area (Å²) in [6, 6.07) is 15.5. The van der Waals surface area contributed by atoms with Gasteiger partial charge in [0.2, 0.25) is 0 Å². The van der Waals surface area contributed by atoms with Gasteiger partial charge in [-0.25, -0.2) is 0 Å². The Bertz CT molecular complexity index is 771. The van der Waals surface area contributed by atoms with Crippen molar-refractivity contribution >= 4 is 0 Å². The predicted octanol–water partition coefficient (Wildman–Crippen LogP) is 2.63. The van der Waals surface area contributed by atoms with Crippen molar-refractivity contribution in [3.8, 4) is 6.07 Å². The highest BCUT2D eigenvalue weighted by atomic mass is 15.3. The van der Waals surface area contributed by atoms with E-state index in [1.54, 1.807) is 23.4 Å². The smallest absolute Gasteiger partial charge is 0.0992 e. The van der Waals surface area contributed by atoms with Crippen LogP contribution in [0.5, 0.6) is 0 Å². The Morgan fingerprint density at radius 2 is 1.88 bits per heavy atom. The molecule has 0 saturated carbocycles. The largest absolute Gasteiger partial charge is 0.298 e. The van der Waals surface area contributed by atoms with Crippen LogP contribution in [0.1, 0.15) is 28.8 Å². The molecule has 0 N–H and O–H groups in total. The van der Waals surface area contributed by atoms with Gasteiger partial charge in [-0.1, -0.05) is 24.3 Å². The van der Waals surface area contributed by atoms with Crippen molar-refractivity contribution < 1.29 is 0 Å². The van der Waals surface area contributed by atoms with E-state index in [0.29, 0.717) is 11.6 Å². The molecule has 128 valence electrons. The lowest BCUT2D eigenvalue weighted by Gasteiger charge is -2.41. The van der Waals surface area contributed by atoms with Gasteiger partial charge in [-0.2, -0.15) is 5.26 Å². The molecule has 25 heavy (non-hydrogen) atoms. The third-order valence-electron chi connectivity index (χ3n) is 5.58. The second-order valence-electron chi connectivity index (χ2n) is 7.13. The maximum atomic E-state index is 9.02. The van der Waals surface area contributed by atoms with Crippen LogP contribution in [-0.4, -0.2) is 47.0 Å². The first-order valence-corrected chi connectivity index (χ1v) is 9.20. The van der Waals surface area contributed by atoms with Gasteiger partial charge in [0.05, 0.1) is 17.3 Å². The quantitative estimate of drug-likeness (QED) is 0.867. The van der Waals surface area contributed by atoms with Gasteiger partial charge in [0.1, 0.15) is 0 Å². The SMILES string of the molecule is N#Cc1ccnc(CN2CCN([C@H]3CCc4ccccc4C3)CC2)c1. The van der Waals surface area contributed by atoms with E-state index in [-0.39, 0.29) is 0 Å². The van der Waals surface area contributed by atoms with Gasteiger partial charge in [0.15, 0.2) is 0 Å². The Morgan fingerprint density at radius 1 is 1.08 bits per heavy atom. The van der Waals surface area contributed by atoms with E-state index in [4.69, 9.17) is 5.26 Å². The summed E-state index contributed by atoms with van der Waals surface area (Å²) in [5.74, 6) is 0. The molecule has 1 aliphatic heterocycles. The summed E-state index contributed by atoms with van der Waals surface area (Å²) in [4.78, 5) is 9.54. The Labute approximate surface area is 149 Å². The molecule has 4 rings (SSSR count). The van der Waals surface area contributed by atoms with Gasteiger partial charge in [-0.15, -0.1) is 0 Å². The molecule has 1 aliphatic carbocycles. The van der Waals surface area contributed by atoms with Gasteiger partial charge in [-0.05, 0) is 42.5 Å². The minimum atomic E-state index is 0.692. The molecule has 2 heterocycles. The number of nitrogens with zero attached hydrogens (tertiary/aromatic N) is 4.